The molecule has 0 bridgehead atoms. The van der Waals surface area contributed by atoms with Gasteiger partial charge in [0, 0.05) is 42.3 Å². The summed E-state index contributed by atoms with van der Waals surface area (Å²) in [7, 11) is 0. The highest BCUT2D eigenvalue weighted by molar-refractivity contribution is 7.80. The minimum Gasteiger partial charge on any atom is -0.358 e. The number of hydrogen-bond donors (Lipinski definition) is 4. The van der Waals surface area contributed by atoms with Crippen molar-refractivity contribution in [3.8, 4) is 12.3 Å². The number of benzene rings is 1. The van der Waals surface area contributed by atoms with E-state index in [2.05, 4.69) is 32.1 Å². The number of carbonyl (C=O) groups is 2. The highest BCUT2D eigenvalue weighted by Gasteiger charge is 2.43. The Morgan fingerprint density at radius 2 is 2.14 bits per heavy atom. The summed E-state index contributed by atoms with van der Waals surface area (Å²) in [6, 6.07) is 7.23. The average Bonchev–Trinajstić information content (AvgIpc) is 3.12. The molecule has 2 heterocycles. The van der Waals surface area contributed by atoms with E-state index in [1.54, 1.807) is 12.1 Å². The van der Waals surface area contributed by atoms with Gasteiger partial charge in [0.15, 0.2) is 5.11 Å². The topological polar surface area (TPSA) is 85.5 Å². The van der Waals surface area contributed by atoms with Crippen LogP contribution in [0.15, 0.2) is 24.3 Å². The van der Waals surface area contributed by atoms with Gasteiger partial charge in [-0.2, -0.15) is 0 Å². The predicted octanol–water partition coefficient (Wildman–Crippen LogP) is 1.10. The third-order valence-corrected chi connectivity index (χ3v) is 5.62. The van der Waals surface area contributed by atoms with Crippen LogP contribution in [0.5, 0.6) is 0 Å². The predicted molar refractivity (Wildman–Crippen MR) is 118 cm³/mol. The summed E-state index contributed by atoms with van der Waals surface area (Å²) in [5.41, 5.74) is 0.844. The third kappa shape index (κ3) is 5.82. The first-order chi connectivity index (χ1) is 14.0. The molecule has 154 valence electrons. The maximum Gasteiger partial charge on any atom is 0.237 e. The lowest BCUT2D eigenvalue weighted by Gasteiger charge is -2.37. The lowest BCUT2D eigenvalue weighted by atomic mass is 10.0. The van der Waals surface area contributed by atoms with Crippen molar-refractivity contribution in [3.05, 3.63) is 29.3 Å². The van der Waals surface area contributed by atoms with Gasteiger partial charge in [-0.1, -0.05) is 17.5 Å². The largest absolute Gasteiger partial charge is 0.358 e. The van der Waals surface area contributed by atoms with Crippen LogP contribution in [0.1, 0.15) is 19.3 Å². The average molecular weight is 434 g/mol. The summed E-state index contributed by atoms with van der Waals surface area (Å²) < 4.78 is 0. The molecular formula is C20H24ClN5O2S. The van der Waals surface area contributed by atoms with Crippen molar-refractivity contribution in [3.63, 3.8) is 0 Å². The van der Waals surface area contributed by atoms with E-state index >= 15 is 0 Å². The number of fused-ring (bicyclic) bond motifs is 1. The van der Waals surface area contributed by atoms with Crippen molar-refractivity contribution in [1.29, 1.82) is 0 Å². The first-order valence-electron chi connectivity index (χ1n) is 9.53. The van der Waals surface area contributed by atoms with E-state index in [1.165, 1.54) is 0 Å². The van der Waals surface area contributed by atoms with E-state index in [0.29, 0.717) is 42.5 Å². The molecule has 0 saturated carbocycles. The zero-order valence-electron chi connectivity index (χ0n) is 15.9. The second kappa shape index (κ2) is 9.92. The second-order valence-corrected chi connectivity index (χ2v) is 8.01. The third-order valence-electron chi connectivity index (χ3n) is 5.15. The Bertz CT molecular complexity index is 810. The molecular weight excluding hydrogens is 410 g/mol. The van der Waals surface area contributed by atoms with Gasteiger partial charge in [0.2, 0.25) is 11.8 Å². The molecule has 2 aliphatic rings. The Morgan fingerprint density at radius 3 is 2.86 bits per heavy atom. The molecule has 29 heavy (non-hydrogen) atoms. The van der Waals surface area contributed by atoms with Gasteiger partial charge < -0.3 is 21.3 Å². The van der Waals surface area contributed by atoms with Crippen LogP contribution < -0.4 is 21.3 Å². The fraction of sp³-hybridized carbons (Fsp3) is 0.450. The first kappa shape index (κ1) is 21.4. The van der Waals surface area contributed by atoms with Gasteiger partial charge in [0.05, 0.1) is 12.6 Å². The minimum atomic E-state index is -0.210. The molecule has 4 N–H and O–H groups in total. The van der Waals surface area contributed by atoms with E-state index in [9.17, 15) is 9.59 Å². The Hall–Kier alpha value is -2.34. The fourth-order valence-corrected chi connectivity index (χ4v) is 4.18. The van der Waals surface area contributed by atoms with Crippen LogP contribution in [0.3, 0.4) is 0 Å². The van der Waals surface area contributed by atoms with Crippen LogP contribution in [0.2, 0.25) is 5.02 Å². The normalized spacial score (nSPS) is 23.4. The molecule has 7 nitrogen and oxygen atoms in total. The first-order valence-corrected chi connectivity index (χ1v) is 10.3. The van der Waals surface area contributed by atoms with Crippen molar-refractivity contribution in [1.82, 2.24) is 20.9 Å². The van der Waals surface area contributed by atoms with Gasteiger partial charge in [-0.05, 0) is 49.3 Å². The minimum absolute atomic E-state index is 0.0268. The summed E-state index contributed by atoms with van der Waals surface area (Å²) in [5.74, 6) is 2.35. The second-order valence-electron chi connectivity index (χ2n) is 7.17. The molecule has 3 atom stereocenters. The highest BCUT2D eigenvalue weighted by Crippen LogP contribution is 2.26. The van der Waals surface area contributed by atoms with Gasteiger partial charge in [-0.25, -0.2) is 0 Å². The number of rotatable bonds is 6. The number of carbonyl (C=O) groups excluding carboxylic acids is 2. The Labute approximate surface area is 180 Å². The molecule has 0 radical (unpaired) electrons. The number of halogens is 1. The monoisotopic (exact) mass is 433 g/mol. The number of anilines is 1. The van der Waals surface area contributed by atoms with E-state index < -0.39 is 0 Å². The standard InChI is InChI=1S/C20H24ClN5O2S/c1-2-9-22-18(27)8-7-16-11-23-19(28)17-10-15(12-26(16)17)25-20(29)24-14-5-3-13(21)4-6-14/h1,3-6,15-17H,7-12H2,(H,22,27)(H,23,28)(H2,24,25,29). The molecule has 0 aliphatic carbocycles. The van der Waals surface area contributed by atoms with Crippen LogP contribution in [-0.2, 0) is 9.59 Å². The molecule has 3 rings (SSSR count). The zero-order valence-corrected chi connectivity index (χ0v) is 17.5. The van der Waals surface area contributed by atoms with Gasteiger partial charge >= 0.3 is 0 Å². The Balaban J connectivity index is 1.52. The summed E-state index contributed by atoms with van der Waals surface area (Å²) >= 11 is 11.3. The highest BCUT2D eigenvalue weighted by atomic mass is 35.5. The zero-order chi connectivity index (χ0) is 20.8. The number of piperazine rings is 1. The molecule has 2 amide bonds. The molecule has 3 unspecified atom stereocenters. The van der Waals surface area contributed by atoms with Crippen LogP contribution >= 0.6 is 23.8 Å². The number of nitrogens with zero attached hydrogens (tertiary/aromatic N) is 1. The van der Waals surface area contributed by atoms with Crippen molar-refractivity contribution in [2.75, 3.05) is 25.0 Å². The number of terminal acetylenes is 1. The summed E-state index contributed by atoms with van der Waals surface area (Å²) in [4.78, 5) is 26.3. The van der Waals surface area contributed by atoms with Crippen LogP contribution in [0.25, 0.3) is 0 Å². The quantitative estimate of drug-likeness (QED) is 0.397. The van der Waals surface area contributed by atoms with E-state index in [4.69, 9.17) is 30.2 Å². The Morgan fingerprint density at radius 1 is 1.38 bits per heavy atom. The molecule has 2 fully saturated rings. The number of amides is 2. The molecule has 1 aromatic carbocycles. The van der Waals surface area contributed by atoms with Crippen LogP contribution in [0, 0.1) is 12.3 Å². The molecule has 0 spiro atoms. The lowest BCUT2D eigenvalue weighted by molar-refractivity contribution is -0.129. The van der Waals surface area contributed by atoms with Crippen LogP contribution in [-0.4, -0.2) is 59.6 Å². The fourth-order valence-electron chi connectivity index (χ4n) is 3.77. The maximum atomic E-state index is 12.3. The molecule has 2 saturated heterocycles. The lowest BCUT2D eigenvalue weighted by Crippen LogP contribution is -2.58. The number of thiocarbonyl (C=S) groups is 1. The summed E-state index contributed by atoms with van der Waals surface area (Å²) in [6.45, 7) is 1.46. The van der Waals surface area contributed by atoms with E-state index in [1.807, 2.05) is 12.1 Å². The summed E-state index contributed by atoms with van der Waals surface area (Å²) in [5, 5.41) is 13.2. The van der Waals surface area contributed by atoms with Gasteiger partial charge in [0.25, 0.3) is 0 Å². The molecule has 1 aromatic rings. The van der Waals surface area contributed by atoms with Crippen molar-refractivity contribution >= 4 is 46.4 Å². The maximum absolute atomic E-state index is 12.3. The number of hydrogen-bond acceptors (Lipinski definition) is 4. The van der Waals surface area contributed by atoms with Crippen LogP contribution in [0.4, 0.5) is 5.69 Å². The van der Waals surface area contributed by atoms with Gasteiger partial charge in [-0.3, -0.25) is 14.5 Å². The summed E-state index contributed by atoms with van der Waals surface area (Å²) in [6.07, 6.45) is 6.86. The van der Waals surface area contributed by atoms with Crippen molar-refractivity contribution in [2.45, 2.75) is 37.4 Å². The SMILES string of the molecule is C#CCNC(=O)CCC1CNC(=O)C2CC(NC(=S)Nc3ccc(Cl)cc3)CN12. The number of nitrogens with one attached hydrogen (secondary N) is 4. The van der Waals surface area contributed by atoms with Gasteiger partial charge in [-0.15, -0.1) is 6.42 Å². The van der Waals surface area contributed by atoms with Gasteiger partial charge in [0.1, 0.15) is 0 Å². The molecule has 0 aromatic heterocycles. The van der Waals surface area contributed by atoms with Crippen molar-refractivity contribution in [2.24, 2.45) is 0 Å². The Kier molecular flexibility index (Phi) is 7.31. The molecule has 2 aliphatic heterocycles. The van der Waals surface area contributed by atoms with E-state index in [-0.39, 0.29) is 36.5 Å². The van der Waals surface area contributed by atoms with E-state index in [0.717, 1.165) is 5.69 Å². The van der Waals surface area contributed by atoms with Crippen molar-refractivity contribution < 1.29 is 9.59 Å². The smallest absolute Gasteiger partial charge is 0.237 e. The molecule has 9 heteroatoms.